The summed E-state index contributed by atoms with van der Waals surface area (Å²) in [6, 6.07) is 13.0. The molecule has 0 unspecified atom stereocenters. The smallest absolute Gasteiger partial charge is 0.261 e. The Morgan fingerprint density at radius 1 is 0.906 bits per heavy atom. The van der Waals surface area contributed by atoms with Gasteiger partial charge in [-0.05, 0) is 55.3 Å². The van der Waals surface area contributed by atoms with Crippen LogP contribution >= 0.6 is 0 Å². The molecule has 0 saturated heterocycles. The van der Waals surface area contributed by atoms with Gasteiger partial charge in [0.05, 0.1) is 10.6 Å². The van der Waals surface area contributed by atoms with Gasteiger partial charge in [0.1, 0.15) is 5.69 Å². The largest absolute Gasteiger partial charge is 0.373 e. The third-order valence-electron chi connectivity index (χ3n) is 4.88. The molecule has 2 N–H and O–H groups in total. The molecule has 0 bridgehead atoms. The molecule has 0 fully saturated rings. The Bertz CT molecular complexity index is 1270. The molecule has 3 aromatic carbocycles. The van der Waals surface area contributed by atoms with E-state index in [1.807, 2.05) is 0 Å². The number of aryl methyl sites for hydroxylation is 2. The second-order valence-electron chi connectivity index (χ2n) is 7.53. The van der Waals surface area contributed by atoms with Crippen LogP contribution in [0.1, 0.15) is 21.5 Å². The number of anilines is 3. The SMILES string of the molecule is Cc1ccccc1NS(=O)(=O)c1ccc(C)c(C(=O)Nc2cc(F)c(N(C)C)c(F)c2)c1. The first kappa shape index (κ1) is 23.2. The summed E-state index contributed by atoms with van der Waals surface area (Å²) in [7, 11) is -0.966. The molecule has 3 rings (SSSR count). The fourth-order valence-corrected chi connectivity index (χ4v) is 4.32. The van der Waals surface area contributed by atoms with E-state index in [2.05, 4.69) is 10.0 Å². The number of para-hydroxylation sites is 1. The van der Waals surface area contributed by atoms with Crippen molar-refractivity contribution in [3.05, 3.63) is 82.9 Å². The Morgan fingerprint density at radius 3 is 2.12 bits per heavy atom. The highest BCUT2D eigenvalue weighted by molar-refractivity contribution is 7.92. The second-order valence-corrected chi connectivity index (χ2v) is 9.22. The highest BCUT2D eigenvalue weighted by Crippen LogP contribution is 2.27. The number of hydrogen-bond donors (Lipinski definition) is 2. The summed E-state index contributed by atoms with van der Waals surface area (Å²) in [5.41, 5.74) is 1.42. The number of carbonyl (C=O) groups is 1. The van der Waals surface area contributed by atoms with Gasteiger partial charge in [0.15, 0.2) is 11.6 Å². The van der Waals surface area contributed by atoms with E-state index in [0.29, 0.717) is 11.3 Å². The number of carbonyl (C=O) groups excluding carboxylic acids is 1. The van der Waals surface area contributed by atoms with E-state index in [-0.39, 0.29) is 21.8 Å². The van der Waals surface area contributed by atoms with Crippen LogP contribution in [0, 0.1) is 25.5 Å². The van der Waals surface area contributed by atoms with Crippen molar-refractivity contribution in [3.8, 4) is 0 Å². The fraction of sp³-hybridized carbons (Fsp3) is 0.174. The van der Waals surface area contributed by atoms with E-state index >= 15 is 0 Å². The zero-order valence-corrected chi connectivity index (χ0v) is 18.8. The summed E-state index contributed by atoms with van der Waals surface area (Å²) >= 11 is 0. The molecule has 0 radical (unpaired) electrons. The van der Waals surface area contributed by atoms with Crippen LogP contribution in [0.15, 0.2) is 59.5 Å². The van der Waals surface area contributed by atoms with Crippen LogP contribution in [0.3, 0.4) is 0 Å². The van der Waals surface area contributed by atoms with Crippen molar-refractivity contribution in [2.24, 2.45) is 0 Å². The first-order valence-electron chi connectivity index (χ1n) is 9.66. The van der Waals surface area contributed by atoms with Crippen LogP contribution in [-0.2, 0) is 10.0 Å². The van der Waals surface area contributed by atoms with E-state index in [1.54, 1.807) is 38.1 Å². The van der Waals surface area contributed by atoms with Crippen LogP contribution in [-0.4, -0.2) is 28.4 Å². The zero-order valence-electron chi connectivity index (χ0n) is 18.0. The Balaban J connectivity index is 1.90. The molecular formula is C23H23F2N3O3S. The molecule has 0 aromatic heterocycles. The molecule has 9 heteroatoms. The average molecular weight is 460 g/mol. The Kier molecular flexibility index (Phi) is 6.50. The Morgan fingerprint density at radius 2 is 1.53 bits per heavy atom. The molecule has 3 aromatic rings. The molecule has 32 heavy (non-hydrogen) atoms. The van der Waals surface area contributed by atoms with Gasteiger partial charge in [0, 0.05) is 25.3 Å². The minimum atomic E-state index is -3.97. The van der Waals surface area contributed by atoms with Gasteiger partial charge < -0.3 is 10.2 Å². The maximum absolute atomic E-state index is 14.2. The van der Waals surface area contributed by atoms with Gasteiger partial charge in [-0.1, -0.05) is 24.3 Å². The lowest BCUT2D eigenvalue weighted by molar-refractivity contribution is 0.102. The predicted molar refractivity (Wildman–Crippen MR) is 122 cm³/mol. The summed E-state index contributed by atoms with van der Waals surface area (Å²) in [4.78, 5) is 14.0. The van der Waals surface area contributed by atoms with Gasteiger partial charge in [0.25, 0.3) is 15.9 Å². The van der Waals surface area contributed by atoms with Gasteiger partial charge in [-0.15, -0.1) is 0 Å². The lowest BCUT2D eigenvalue weighted by atomic mass is 10.1. The molecule has 168 valence electrons. The molecule has 0 spiro atoms. The summed E-state index contributed by atoms with van der Waals surface area (Å²) in [5.74, 6) is -2.35. The summed E-state index contributed by atoms with van der Waals surface area (Å²) in [6.45, 7) is 3.40. The number of hydrogen-bond acceptors (Lipinski definition) is 4. The van der Waals surface area contributed by atoms with E-state index in [4.69, 9.17) is 0 Å². The van der Waals surface area contributed by atoms with Gasteiger partial charge in [0.2, 0.25) is 0 Å². The fourth-order valence-electron chi connectivity index (χ4n) is 3.17. The van der Waals surface area contributed by atoms with E-state index in [1.165, 1.54) is 37.2 Å². The lowest BCUT2D eigenvalue weighted by Crippen LogP contribution is -2.18. The molecular weight excluding hydrogens is 436 g/mol. The van der Waals surface area contributed by atoms with E-state index in [0.717, 1.165) is 17.7 Å². The quantitative estimate of drug-likeness (QED) is 0.560. The molecule has 0 aliphatic carbocycles. The van der Waals surface area contributed by atoms with Crippen molar-refractivity contribution >= 4 is 33.0 Å². The van der Waals surface area contributed by atoms with Crippen molar-refractivity contribution in [1.82, 2.24) is 0 Å². The molecule has 0 atom stereocenters. The van der Waals surface area contributed by atoms with Gasteiger partial charge in [-0.3, -0.25) is 9.52 Å². The number of sulfonamides is 1. The Labute approximate surface area is 185 Å². The second kappa shape index (κ2) is 8.96. The van der Waals surface area contributed by atoms with Crippen LogP contribution in [0.4, 0.5) is 25.8 Å². The standard InChI is InChI=1S/C23H23F2N3O3S/c1-14-9-10-17(32(30,31)27-21-8-6-5-7-15(21)2)13-18(14)23(29)26-16-11-19(24)22(28(3)4)20(25)12-16/h5-13,27H,1-4H3,(H,26,29). The Hall–Kier alpha value is -3.46. The number of benzene rings is 3. The first-order chi connectivity index (χ1) is 15.0. The molecule has 6 nitrogen and oxygen atoms in total. The number of nitrogens with one attached hydrogen (secondary N) is 2. The average Bonchev–Trinajstić information content (AvgIpc) is 2.68. The van der Waals surface area contributed by atoms with Gasteiger partial charge in [-0.2, -0.15) is 0 Å². The maximum Gasteiger partial charge on any atom is 0.261 e. The molecule has 0 heterocycles. The molecule has 0 saturated carbocycles. The topological polar surface area (TPSA) is 78.5 Å². The van der Waals surface area contributed by atoms with E-state index < -0.39 is 27.6 Å². The van der Waals surface area contributed by atoms with Crippen molar-refractivity contribution in [3.63, 3.8) is 0 Å². The van der Waals surface area contributed by atoms with Crippen molar-refractivity contribution in [2.75, 3.05) is 29.0 Å². The monoisotopic (exact) mass is 459 g/mol. The number of rotatable bonds is 6. The zero-order chi connectivity index (χ0) is 23.6. The van der Waals surface area contributed by atoms with Crippen molar-refractivity contribution in [1.29, 1.82) is 0 Å². The van der Waals surface area contributed by atoms with Crippen LogP contribution in [0.2, 0.25) is 0 Å². The van der Waals surface area contributed by atoms with Crippen LogP contribution in [0.25, 0.3) is 0 Å². The van der Waals surface area contributed by atoms with Gasteiger partial charge in [-0.25, -0.2) is 17.2 Å². The highest BCUT2D eigenvalue weighted by atomic mass is 32.2. The minimum Gasteiger partial charge on any atom is -0.373 e. The third-order valence-corrected chi connectivity index (χ3v) is 6.24. The summed E-state index contributed by atoms with van der Waals surface area (Å²) in [6.07, 6.45) is 0. The number of halogens is 2. The number of nitrogens with zero attached hydrogens (tertiary/aromatic N) is 1. The van der Waals surface area contributed by atoms with E-state index in [9.17, 15) is 22.0 Å². The summed E-state index contributed by atoms with van der Waals surface area (Å²) in [5, 5.41) is 2.43. The maximum atomic E-state index is 14.2. The lowest BCUT2D eigenvalue weighted by Gasteiger charge is -2.16. The summed E-state index contributed by atoms with van der Waals surface area (Å²) < 4.78 is 56.7. The molecule has 0 aliphatic heterocycles. The minimum absolute atomic E-state index is 0.0650. The van der Waals surface area contributed by atoms with Crippen LogP contribution < -0.4 is 14.9 Å². The molecule has 0 aliphatic rings. The first-order valence-corrected chi connectivity index (χ1v) is 11.1. The van der Waals surface area contributed by atoms with Crippen molar-refractivity contribution < 1.29 is 22.0 Å². The van der Waals surface area contributed by atoms with Crippen LogP contribution in [0.5, 0.6) is 0 Å². The highest BCUT2D eigenvalue weighted by Gasteiger charge is 2.20. The third kappa shape index (κ3) is 4.88. The normalized spacial score (nSPS) is 11.2. The number of amides is 1. The molecule has 1 amide bonds. The van der Waals surface area contributed by atoms with Gasteiger partial charge >= 0.3 is 0 Å². The van der Waals surface area contributed by atoms with Crippen molar-refractivity contribution in [2.45, 2.75) is 18.7 Å². The predicted octanol–water partition coefficient (Wildman–Crippen LogP) is 4.70.